The lowest BCUT2D eigenvalue weighted by Crippen LogP contribution is -2.47. The predicted octanol–water partition coefficient (Wildman–Crippen LogP) is 1.33. The fourth-order valence-corrected chi connectivity index (χ4v) is 2.00. The summed E-state index contributed by atoms with van der Waals surface area (Å²) in [6.07, 6.45) is 0. The van der Waals surface area contributed by atoms with Crippen LogP contribution < -0.4 is 21.7 Å². The van der Waals surface area contributed by atoms with E-state index in [0.717, 1.165) is 10.0 Å². The van der Waals surface area contributed by atoms with Crippen molar-refractivity contribution >= 4 is 51.7 Å². The molecule has 0 unspecified atom stereocenters. The first-order chi connectivity index (χ1) is 11.2. The highest BCUT2D eigenvalue weighted by atomic mass is 79.9. The van der Waals surface area contributed by atoms with Crippen LogP contribution in [0.5, 0.6) is 0 Å². The Bertz CT molecular complexity index is 625. The number of benzene rings is 1. The summed E-state index contributed by atoms with van der Waals surface area (Å²) in [6.45, 7) is 5.15. The Kier molecular flexibility index (Phi) is 10.3. The summed E-state index contributed by atoms with van der Waals surface area (Å²) in [4.78, 5) is 35.1. The molecule has 0 bridgehead atoms. The molecule has 3 amide bonds. The number of anilines is 1. The lowest BCUT2D eigenvalue weighted by Gasteiger charge is -2.15. The molecule has 1 aromatic rings. The van der Waals surface area contributed by atoms with Crippen molar-refractivity contribution in [3.63, 3.8) is 0 Å². The van der Waals surface area contributed by atoms with Gasteiger partial charge in [0.05, 0.1) is 19.1 Å². The third kappa shape index (κ3) is 8.33. The van der Waals surface area contributed by atoms with Crippen LogP contribution in [-0.4, -0.2) is 36.9 Å². The van der Waals surface area contributed by atoms with E-state index in [0.29, 0.717) is 5.69 Å². The van der Waals surface area contributed by atoms with Gasteiger partial charge in [-0.15, -0.1) is 12.4 Å². The average molecular weight is 436 g/mol. The van der Waals surface area contributed by atoms with Gasteiger partial charge in [-0.05, 0) is 36.6 Å². The van der Waals surface area contributed by atoms with Crippen LogP contribution >= 0.6 is 28.3 Å². The largest absolute Gasteiger partial charge is 0.346 e. The molecule has 0 aliphatic rings. The zero-order valence-electron chi connectivity index (χ0n) is 14.4. The van der Waals surface area contributed by atoms with Crippen LogP contribution in [0, 0.1) is 12.8 Å². The first-order valence-electron chi connectivity index (χ1n) is 7.56. The lowest BCUT2D eigenvalue weighted by atomic mass is 10.1. The second-order valence-corrected chi connectivity index (χ2v) is 6.63. The molecular weight excluding hydrogens is 412 g/mol. The second kappa shape index (κ2) is 11.1. The van der Waals surface area contributed by atoms with Crippen molar-refractivity contribution in [2.45, 2.75) is 26.8 Å². The van der Waals surface area contributed by atoms with E-state index in [9.17, 15) is 14.4 Å². The van der Waals surface area contributed by atoms with Gasteiger partial charge in [-0.3, -0.25) is 14.4 Å². The van der Waals surface area contributed by atoms with Gasteiger partial charge in [-0.1, -0.05) is 29.8 Å². The van der Waals surface area contributed by atoms with Gasteiger partial charge in [0.1, 0.15) is 0 Å². The second-order valence-electron chi connectivity index (χ2n) is 5.78. The van der Waals surface area contributed by atoms with Crippen molar-refractivity contribution in [1.29, 1.82) is 0 Å². The van der Waals surface area contributed by atoms with Gasteiger partial charge in [-0.25, -0.2) is 0 Å². The third-order valence-electron chi connectivity index (χ3n) is 3.33. The number of amides is 3. The topological polar surface area (TPSA) is 113 Å². The summed E-state index contributed by atoms with van der Waals surface area (Å²) < 4.78 is 0.948. The van der Waals surface area contributed by atoms with E-state index in [1.54, 1.807) is 6.07 Å². The minimum absolute atomic E-state index is 0. The first kappa shape index (κ1) is 23.4. The van der Waals surface area contributed by atoms with Crippen molar-refractivity contribution in [3.8, 4) is 0 Å². The number of rotatable bonds is 7. The summed E-state index contributed by atoms with van der Waals surface area (Å²) >= 11 is 3.38. The molecule has 0 spiro atoms. The number of halogens is 2. The maximum absolute atomic E-state index is 11.8. The van der Waals surface area contributed by atoms with Gasteiger partial charge < -0.3 is 21.7 Å². The molecule has 7 nitrogen and oxygen atoms in total. The van der Waals surface area contributed by atoms with E-state index in [4.69, 9.17) is 5.73 Å². The minimum atomic E-state index is -0.665. The minimum Gasteiger partial charge on any atom is -0.346 e. The monoisotopic (exact) mass is 434 g/mol. The molecule has 140 valence electrons. The van der Waals surface area contributed by atoms with Crippen molar-refractivity contribution < 1.29 is 14.4 Å². The summed E-state index contributed by atoms with van der Waals surface area (Å²) in [5, 5.41) is 7.56. The van der Waals surface area contributed by atoms with Crippen LogP contribution in [-0.2, 0) is 14.4 Å². The van der Waals surface area contributed by atoms with Crippen LogP contribution in [0.4, 0.5) is 5.69 Å². The zero-order chi connectivity index (χ0) is 18.3. The maximum atomic E-state index is 11.8. The molecule has 0 aliphatic heterocycles. The quantitative estimate of drug-likeness (QED) is 0.517. The molecule has 25 heavy (non-hydrogen) atoms. The number of aryl methyl sites for hydroxylation is 1. The molecule has 0 heterocycles. The summed E-state index contributed by atoms with van der Waals surface area (Å²) in [7, 11) is 0. The van der Waals surface area contributed by atoms with Gasteiger partial charge in [0, 0.05) is 10.2 Å². The van der Waals surface area contributed by atoms with E-state index in [1.807, 2.05) is 32.9 Å². The third-order valence-corrected chi connectivity index (χ3v) is 4.22. The normalized spacial score (nSPS) is 11.3. The summed E-state index contributed by atoms with van der Waals surface area (Å²) in [5.41, 5.74) is 7.30. The van der Waals surface area contributed by atoms with Crippen LogP contribution in [0.3, 0.4) is 0 Å². The molecule has 0 aliphatic carbocycles. The lowest BCUT2D eigenvalue weighted by molar-refractivity contribution is -0.127. The number of hydrogen-bond donors (Lipinski definition) is 4. The van der Waals surface area contributed by atoms with E-state index in [1.165, 1.54) is 0 Å². The van der Waals surface area contributed by atoms with E-state index in [2.05, 4.69) is 31.9 Å². The highest BCUT2D eigenvalue weighted by molar-refractivity contribution is 9.10. The van der Waals surface area contributed by atoms with Crippen LogP contribution in [0.2, 0.25) is 0 Å². The molecule has 1 aromatic carbocycles. The standard InChI is InChI=1S/C16H23BrN4O3.ClH/c1-9(2)15(18)16(24)20-7-13(22)19-8-14(23)21-11-4-5-12(17)10(3)6-11;/h4-6,9,15H,7-8,18H2,1-3H3,(H,19,22)(H,20,24)(H,21,23);1H/t15-;/m0./s1. The predicted molar refractivity (Wildman–Crippen MR) is 104 cm³/mol. The van der Waals surface area contributed by atoms with Crippen LogP contribution in [0.15, 0.2) is 22.7 Å². The number of carbonyl (C=O) groups is 3. The average Bonchev–Trinajstić information content (AvgIpc) is 2.53. The Labute approximate surface area is 162 Å². The zero-order valence-corrected chi connectivity index (χ0v) is 16.8. The molecule has 5 N–H and O–H groups in total. The molecule has 0 radical (unpaired) electrons. The fourth-order valence-electron chi connectivity index (χ4n) is 1.76. The van der Waals surface area contributed by atoms with Crippen LogP contribution in [0.1, 0.15) is 19.4 Å². The van der Waals surface area contributed by atoms with Crippen LogP contribution in [0.25, 0.3) is 0 Å². The molecule has 1 rings (SSSR count). The number of hydrogen-bond acceptors (Lipinski definition) is 4. The smallest absolute Gasteiger partial charge is 0.243 e. The van der Waals surface area contributed by atoms with Gasteiger partial charge in [0.15, 0.2) is 0 Å². The molecule has 0 saturated carbocycles. The Morgan fingerprint density at radius 3 is 2.28 bits per heavy atom. The Morgan fingerprint density at radius 1 is 1.12 bits per heavy atom. The highest BCUT2D eigenvalue weighted by Gasteiger charge is 2.17. The van der Waals surface area contributed by atoms with Crippen molar-refractivity contribution in [2.24, 2.45) is 11.7 Å². The molecule has 9 heteroatoms. The number of nitrogens with two attached hydrogens (primary N) is 1. The van der Waals surface area contributed by atoms with E-state index >= 15 is 0 Å². The maximum Gasteiger partial charge on any atom is 0.243 e. The SMILES string of the molecule is Cc1cc(NC(=O)CNC(=O)CNC(=O)[C@@H](N)C(C)C)ccc1Br.Cl. The molecule has 1 atom stereocenters. The van der Waals surface area contributed by atoms with E-state index < -0.39 is 17.9 Å². The van der Waals surface area contributed by atoms with Gasteiger partial charge >= 0.3 is 0 Å². The Hall–Kier alpha value is -1.64. The van der Waals surface area contributed by atoms with Gasteiger partial charge in [-0.2, -0.15) is 0 Å². The van der Waals surface area contributed by atoms with Gasteiger partial charge in [0.25, 0.3) is 0 Å². The summed E-state index contributed by atoms with van der Waals surface area (Å²) in [6, 6.07) is 4.74. The fraction of sp³-hybridized carbons (Fsp3) is 0.438. The van der Waals surface area contributed by atoms with Crippen molar-refractivity contribution in [2.75, 3.05) is 18.4 Å². The molecule has 0 aromatic heterocycles. The first-order valence-corrected chi connectivity index (χ1v) is 8.36. The Balaban J connectivity index is 0.00000576. The van der Waals surface area contributed by atoms with E-state index in [-0.39, 0.29) is 37.3 Å². The number of nitrogens with one attached hydrogen (secondary N) is 3. The Morgan fingerprint density at radius 2 is 1.72 bits per heavy atom. The van der Waals surface area contributed by atoms with Crippen molar-refractivity contribution in [3.05, 3.63) is 28.2 Å². The highest BCUT2D eigenvalue weighted by Crippen LogP contribution is 2.19. The van der Waals surface area contributed by atoms with Gasteiger partial charge in [0.2, 0.25) is 17.7 Å². The number of carbonyl (C=O) groups excluding carboxylic acids is 3. The summed E-state index contributed by atoms with van der Waals surface area (Å²) in [5.74, 6) is -1.22. The molecule has 0 fully saturated rings. The molecule has 0 saturated heterocycles. The van der Waals surface area contributed by atoms with Crippen molar-refractivity contribution in [1.82, 2.24) is 10.6 Å². The molecular formula is C16H24BrClN4O3.